The average molecular weight is 594 g/mol. The summed E-state index contributed by atoms with van der Waals surface area (Å²) in [6, 6.07) is 18.3. The first-order valence-corrected chi connectivity index (χ1v) is 16.0. The van der Waals surface area contributed by atoms with Crippen molar-refractivity contribution < 1.29 is 22.4 Å². The molecule has 2 amide bonds. The number of amides is 2. The van der Waals surface area contributed by atoms with Gasteiger partial charge in [0.2, 0.25) is 11.8 Å². The van der Waals surface area contributed by atoms with Crippen molar-refractivity contribution in [2.75, 3.05) is 10.8 Å². The Labute approximate surface area is 248 Å². The van der Waals surface area contributed by atoms with Crippen LogP contribution in [0.25, 0.3) is 0 Å². The number of rotatable bonds is 11. The molecule has 1 N–H and O–H groups in total. The molecule has 4 rings (SSSR count). The Morgan fingerprint density at radius 2 is 1.60 bits per heavy atom. The van der Waals surface area contributed by atoms with Gasteiger partial charge in [-0.15, -0.1) is 0 Å². The lowest BCUT2D eigenvalue weighted by molar-refractivity contribution is -0.140. The number of halogens is 1. The highest BCUT2D eigenvalue weighted by Crippen LogP contribution is 2.26. The molecule has 9 heteroatoms. The van der Waals surface area contributed by atoms with Gasteiger partial charge >= 0.3 is 0 Å². The minimum atomic E-state index is -4.25. The largest absolute Gasteiger partial charge is 0.352 e. The van der Waals surface area contributed by atoms with Crippen LogP contribution in [0.3, 0.4) is 0 Å². The SMILES string of the molecule is CCC(C(=O)NC1CCCCC1)N(Cc1cccc(C)c1)C(=O)CN(c1ccc(C)cc1)S(=O)(=O)c1ccc(F)cc1. The Morgan fingerprint density at radius 3 is 2.21 bits per heavy atom. The molecule has 1 unspecified atom stereocenters. The van der Waals surface area contributed by atoms with Crippen molar-refractivity contribution in [3.8, 4) is 0 Å². The Hall–Kier alpha value is -3.72. The zero-order valence-corrected chi connectivity index (χ0v) is 25.4. The van der Waals surface area contributed by atoms with Crippen molar-refractivity contribution >= 4 is 27.5 Å². The molecule has 0 saturated heterocycles. The normalized spacial score (nSPS) is 14.7. The fraction of sp³-hybridized carbons (Fsp3) is 0.394. The predicted octanol–water partition coefficient (Wildman–Crippen LogP) is 5.89. The lowest BCUT2D eigenvalue weighted by atomic mass is 9.95. The Bertz CT molecular complexity index is 1470. The second kappa shape index (κ2) is 14.0. The molecule has 1 atom stereocenters. The summed E-state index contributed by atoms with van der Waals surface area (Å²) in [4.78, 5) is 29.2. The molecule has 0 radical (unpaired) electrons. The number of hydrogen-bond donors (Lipinski definition) is 1. The molecule has 224 valence electrons. The minimum Gasteiger partial charge on any atom is -0.352 e. The van der Waals surface area contributed by atoms with Crippen molar-refractivity contribution in [1.29, 1.82) is 0 Å². The van der Waals surface area contributed by atoms with Gasteiger partial charge in [-0.1, -0.05) is 73.7 Å². The van der Waals surface area contributed by atoms with E-state index in [1.165, 1.54) is 17.0 Å². The van der Waals surface area contributed by atoms with Crippen molar-refractivity contribution in [3.05, 3.63) is 95.3 Å². The van der Waals surface area contributed by atoms with E-state index in [0.29, 0.717) is 12.1 Å². The van der Waals surface area contributed by atoms with Gasteiger partial charge in [-0.25, -0.2) is 12.8 Å². The fourth-order valence-electron chi connectivity index (χ4n) is 5.44. The summed E-state index contributed by atoms with van der Waals surface area (Å²) in [7, 11) is -4.25. The smallest absolute Gasteiger partial charge is 0.264 e. The first-order valence-electron chi connectivity index (χ1n) is 14.6. The Balaban J connectivity index is 1.70. The Kier molecular flexibility index (Phi) is 10.4. The lowest BCUT2D eigenvalue weighted by Gasteiger charge is -2.34. The second-order valence-electron chi connectivity index (χ2n) is 11.1. The van der Waals surface area contributed by atoms with Gasteiger partial charge in [-0.3, -0.25) is 13.9 Å². The topological polar surface area (TPSA) is 86.8 Å². The monoisotopic (exact) mass is 593 g/mol. The molecular formula is C33H40FN3O4S. The lowest BCUT2D eigenvalue weighted by Crippen LogP contribution is -2.54. The van der Waals surface area contributed by atoms with E-state index in [9.17, 15) is 22.4 Å². The third kappa shape index (κ3) is 7.76. The highest BCUT2D eigenvalue weighted by molar-refractivity contribution is 7.92. The van der Waals surface area contributed by atoms with Crippen molar-refractivity contribution in [2.45, 2.75) is 82.8 Å². The maximum Gasteiger partial charge on any atom is 0.264 e. The molecule has 1 aliphatic rings. The first-order chi connectivity index (χ1) is 20.1. The van der Waals surface area contributed by atoms with Crippen LogP contribution in [-0.4, -0.2) is 43.8 Å². The molecule has 1 aliphatic carbocycles. The standard InChI is InChI=1S/C33H40FN3O4S/c1-4-31(33(39)35-28-11-6-5-7-12-28)36(22-26-10-8-9-25(3)21-26)32(38)23-37(29-17-13-24(2)14-18-29)42(40,41)30-19-15-27(34)16-20-30/h8-10,13-21,28,31H,4-7,11-12,22-23H2,1-3H3,(H,35,39). The summed E-state index contributed by atoms with van der Waals surface area (Å²) < 4.78 is 42.5. The number of nitrogens with one attached hydrogen (secondary N) is 1. The van der Waals surface area contributed by atoms with Gasteiger partial charge in [0, 0.05) is 12.6 Å². The van der Waals surface area contributed by atoms with Crippen LogP contribution in [0.5, 0.6) is 0 Å². The molecule has 42 heavy (non-hydrogen) atoms. The van der Waals surface area contributed by atoms with Gasteiger partial charge in [0.25, 0.3) is 10.0 Å². The van der Waals surface area contributed by atoms with Gasteiger partial charge in [0.1, 0.15) is 18.4 Å². The molecule has 1 saturated carbocycles. The quantitative estimate of drug-likeness (QED) is 0.300. The molecule has 3 aromatic carbocycles. The van der Waals surface area contributed by atoms with E-state index in [1.807, 2.05) is 45.0 Å². The van der Waals surface area contributed by atoms with Gasteiger partial charge in [-0.05, 0) is 75.1 Å². The summed E-state index contributed by atoms with van der Waals surface area (Å²) in [5.41, 5.74) is 3.08. The molecule has 7 nitrogen and oxygen atoms in total. The molecule has 0 spiro atoms. The van der Waals surface area contributed by atoms with Gasteiger partial charge in [-0.2, -0.15) is 0 Å². The molecule has 0 aromatic heterocycles. The zero-order chi connectivity index (χ0) is 30.3. The highest BCUT2D eigenvalue weighted by Gasteiger charge is 2.34. The van der Waals surface area contributed by atoms with E-state index >= 15 is 0 Å². The maximum atomic E-state index is 14.2. The second-order valence-corrected chi connectivity index (χ2v) is 12.9. The predicted molar refractivity (Wildman–Crippen MR) is 163 cm³/mol. The summed E-state index contributed by atoms with van der Waals surface area (Å²) in [5, 5.41) is 3.15. The Morgan fingerprint density at radius 1 is 0.929 bits per heavy atom. The number of hydrogen-bond acceptors (Lipinski definition) is 4. The number of benzene rings is 3. The van der Waals surface area contributed by atoms with E-state index in [1.54, 1.807) is 24.3 Å². The van der Waals surface area contributed by atoms with Crippen molar-refractivity contribution in [3.63, 3.8) is 0 Å². The number of carbonyl (C=O) groups excluding carboxylic acids is 2. The summed E-state index contributed by atoms with van der Waals surface area (Å²) in [6.45, 7) is 5.32. The fourth-order valence-corrected chi connectivity index (χ4v) is 6.86. The molecule has 1 fully saturated rings. The van der Waals surface area contributed by atoms with Crippen LogP contribution in [-0.2, 0) is 26.2 Å². The minimum absolute atomic E-state index is 0.0686. The van der Waals surface area contributed by atoms with Crippen LogP contribution in [0.4, 0.5) is 10.1 Å². The summed E-state index contributed by atoms with van der Waals surface area (Å²) in [5.74, 6) is -1.30. The van der Waals surface area contributed by atoms with Crippen LogP contribution in [0.15, 0.2) is 77.7 Å². The number of sulfonamides is 1. The van der Waals surface area contributed by atoms with E-state index in [4.69, 9.17) is 0 Å². The average Bonchev–Trinajstić information content (AvgIpc) is 2.97. The molecule has 0 heterocycles. The molecule has 0 bridgehead atoms. The summed E-state index contributed by atoms with van der Waals surface area (Å²) in [6.07, 6.45) is 5.45. The maximum absolute atomic E-state index is 14.2. The third-order valence-corrected chi connectivity index (χ3v) is 9.56. The van der Waals surface area contributed by atoms with Crippen LogP contribution in [0.1, 0.15) is 62.1 Å². The van der Waals surface area contributed by atoms with Crippen molar-refractivity contribution in [1.82, 2.24) is 10.2 Å². The van der Waals surface area contributed by atoms with E-state index < -0.39 is 34.3 Å². The van der Waals surface area contributed by atoms with Crippen LogP contribution in [0.2, 0.25) is 0 Å². The number of anilines is 1. The number of carbonyl (C=O) groups is 2. The van der Waals surface area contributed by atoms with Gasteiger partial charge in [0.05, 0.1) is 10.6 Å². The molecular weight excluding hydrogens is 553 g/mol. The van der Waals surface area contributed by atoms with E-state index in [0.717, 1.165) is 65.2 Å². The number of aryl methyl sites for hydroxylation is 2. The highest BCUT2D eigenvalue weighted by atomic mass is 32.2. The van der Waals surface area contributed by atoms with E-state index in [-0.39, 0.29) is 23.4 Å². The van der Waals surface area contributed by atoms with Crippen LogP contribution in [0, 0.1) is 19.7 Å². The van der Waals surface area contributed by atoms with Gasteiger partial charge < -0.3 is 10.2 Å². The summed E-state index contributed by atoms with van der Waals surface area (Å²) >= 11 is 0. The van der Waals surface area contributed by atoms with Crippen LogP contribution < -0.4 is 9.62 Å². The first kappa shape index (κ1) is 31.2. The van der Waals surface area contributed by atoms with Crippen LogP contribution >= 0.6 is 0 Å². The van der Waals surface area contributed by atoms with Gasteiger partial charge in [0.15, 0.2) is 0 Å². The molecule has 3 aromatic rings. The van der Waals surface area contributed by atoms with E-state index in [2.05, 4.69) is 5.32 Å². The molecule has 0 aliphatic heterocycles. The number of nitrogens with zero attached hydrogens (tertiary/aromatic N) is 2. The van der Waals surface area contributed by atoms with Crippen molar-refractivity contribution in [2.24, 2.45) is 0 Å². The zero-order valence-electron chi connectivity index (χ0n) is 24.6. The third-order valence-electron chi connectivity index (χ3n) is 7.78.